The van der Waals surface area contributed by atoms with Crippen LogP contribution in [0.4, 0.5) is 13.2 Å². The Hall–Kier alpha value is -0.790. The molecule has 2 aliphatic rings. The number of likely N-dealkylation sites (tertiary alicyclic amines) is 1. The second-order valence-electron chi connectivity index (χ2n) is 5.69. The Bertz CT molecular complexity index is 511. The number of halogens is 4. The fourth-order valence-corrected chi connectivity index (χ4v) is 3.70. The van der Waals surface area contributed by atoms with Crippen LogP contribution in [0, 0.1) is 11.8 Å². The number of hydrogen-bond acceptors (Lipinski definition) is 3. The third-order valence-electron chi connectivity index (χ3n) is 4.09. The molecule has 0 aliphatic carbocycles. The molecule has 0 aromatic heterocycles. The van der Waals surface area contributed by atoms with E-state index in [1.807, 2.05) is 0 Å². The van der Waals surface area contributed by atoms with Crippen molar-refractivity contribution in [1.82, 2.24) is 10.2 Å². The third kappa shape index (κ3) is 3.70. The van der Waals surface area contributed by atoms with E-state index in [1.54, 1.807) is 12.1 Å². The minimum atomic E-state index is -4.66. The third-order valence-corrected chi connectivity index (χ3v) is 4.71. The van der Waals surface area contributed by atoms with Crippen molar-refractivity contribution in [2.75, 3.05) is 26.2 Å². The van der Waals surface area contributed by atoms with Crippen LogP contribution in [0.15, 0.2) is 22.7 Å². The van der Waals surface area contributed by atoms with Crippen LogP contribution < -0.4 is 10.1 Å². The van der Waals surface area contributed by atoms with Gasteiger partial charge >= 0.3 is 6.36 Å². The highest BCUT2D eigenvalue weighted by Gasteiger charge is 2.36. The van der Waals surface area contributed by atoms with Gasteiger partial charge in [0.15, 0.2) is 0 Å². The highest BCUT2D eigenvalue weighted by molar-refractivity contribution is 9.10. The highest BCUT2D eigenvalue weighted by Crippen LogP contribution is 2.32. The summed E-state index contributed by atoms with van der Waals surface area (Å²) in [5.74, 6) is 1.22. The van der Waals surface area contributed by atoms with Crippen molar-refractivity contribution in [1.29, 1.82) is 0 Å². The van der Waals surface area contributed by atoms with E-state index in [4.69, 9.17) is 0 Å². The maximum atomic E-state index is 12.2. The first-order valence-electron chi connectivity index (χ1n) is 6.88. The summed E-state index contributed by atoms with van der Waals surface area (Å²) < 4.78 is 41.0. The molecule has 7 heteroatoms. The average Bonchev–Trinajstić information content (AvgIpc) is 2.92. The second-order valence-corrected chi connectivity index (χ2v) is 6.54. The van der Waals surface area contributed by atoms with Crippen LogP contribution >= 0.6 is 15.9 Å². The average molecular weight is 365 g/mol. The van der Waals surface area contributed by atoms with Crippen LogP contribution in [0.2, 0.25) is 0 Å². The topological polar surface area (TPSA) is 24.5 Å². The lowest BCUT2D eigenvalue weighted by Crippen LogP contribution is -2.25. The fourth-order valence-electron chi connectivity index (χ4n) is 3.19. The van der Waals surface area contributed by atoms with E-state index in [0.717, 1.165) is 38.3 Å². The van der Waals surface area contributed by atoms with Gasteiger partial charge in [0.05, 0.1) is 4.47 Å². The predicted octanol–water partition coefficient (Wildman–Crippen LogP) is 3.00. The molecule has 3 rings (SSSR count). The summed E-state index contributed by atoms with van der Waals surface area (Å²) >= 11 is 3.14. The first kappa shape index (κ1) is 15.1. The normalized spacial score (nSPS) is 26.1. The zero-order valence-electron chi connectivity index (χ0n) is 11.3. The van der Waals surface area contributed by atoms with Crippen molar-refractivity contribution < 1.29 is 17.9 Å². The molecule has 2 atom stereocenters. The van der Waals surface area contributed by atoms with Gasteiger partial charge < -0.3 is 10.1 Å². The van der Waals surface area contributed by atoms with Crippen LogP contribution in [-0.4, -0.2) is 37.4 Å². The van der Waals surface area contributed by atoms with Crippen LogP contribution in [0.1, 0.15) is 5.56 Å². The lowest BCUT2D eigenvalue weighted by molar-refractivity contribution is -0.274. The van der Waals surface area contributed by atoms with E-state index in [1.165, 1.54) is 6.07 Å². The number of nitrogens with zero attached hydrogens (tertiary/aromatic N) is 1. The summed E-state index contributed by atoms with van der Waals surface area (Å²) in [5.41, 5.74) is 0.990. The quantitative estimate of drug-likeness (QED) is 0.892. The second kappa shape index (κ2) is 5.78. The van der Waals surface area contributed by atoms with Crippen LogP contribution in [0.25, 0.3) is 0 Å². The van der Waals surface area contributed by atoms with E-state index in [2.05, 4.69) is 30.9 Å². The first-order chi connectivity index (χ1) is 9.90. The first-order valence-corrected chi connectivity index (χ1v) is 7.67. The zero-order valence-corrected chi connectivity index (χ0v) is 12.9. The van der Waals surface area contributed by atoms with E-state index in [9.17, 15) is 13.2 Å². The molecule has 3 nitrogen and oxygen atoms in total. The molecule has 1 aromatic carbocycles. The number of rotatable bonds is 3. The fraction of sp³-hybridized carbons (Fsp3) is 0.571. The number of benzene rings is 1. The molecule has 21 heavy (non-hydrogen) atoms. The van der Waals surface area contributed by atoms with Gasteiger partial charge in [-0.1, -0.05) is 6.07 Å². The molecule has 0 bridgehead atoms. The van der Waals surface area contributed by atoms with Crippen molar-refractivity contribution in [2.45, 2.75) is 12.9 Å². The molecule has 2 aliphatic heterocycles. The maximum absolute atomic E-state index is 12.2. The molecule has 0 amide bonds. The Labute approximate surface area is 129 Å². The molecular formula is C14H16BrF3N2O. The molecule has 2 fully saturated rings. The molecule has 116 valence electrons. The Morgan fingerprint density at radius 1 is 1.24 bits per heavy atom. The molecule has 0 spiro atoms. The van der Waals surface area contributed by atoms with Crippen molar-refractivity contribution in [3.05, 3.63) is 28.2 Å². The monoisotopic (exact) mass is 364 g/mol. The number of alkyl halides is 3. The minimum absolute atomic E-state index is 0.200. The van der Waals surface area contributed by atoms with Gasteiger partial charge in [0, 0.05) is 19.6 Å². The molecular weight excluding hydrogens is 349 g/mol. The van der Waals surface area contributed by atoms with E-state index < -0.39 is 6.36 Å². The van der Waals surface area contributed by atoms with Gasteiger partial charge in [0.1, 0.15) is 5.75 Å². The smallest absolute Gasteiger partial charge is 0.405 e. The van der Waals surface area contributed by atoms with Crippen molar-refractivity contribution >= 4 is 15.9 Å². The lowest BCUT2D eigenvalue weighted by atomic mass is 10.0. The summed E-state index contributed by atoms with van der Waals surface area (Å²) in [6.07, 6.45) is -4.66. The molecule has 0 radical (unpaired) electrons. The summed E-state index contributed by atoms with van der Waals surface area (Å²) in [7, 11) is 0. The molecule has 2 heterocycles. The number of fused-ring (bicyclic) bond motifs is 1. The summed E-state index contributed by atoms with van der Waals surface area (Å²) in [4.78, 5) is 2.36. The van der Waals surface area contributed by atoms with E-state index in [-0.39, 0.29) is 5.75 Å². The van der Waals surface area contributed by atoms with Crippen molar-refractivity contribution in [2.24, 2.45) is 11.8 Å². The minimum Gasteiger partial charge on any atom is -0.405 e. The maximum Gasteiger partial charge on any atom is 0.573 e. The van der Waals surface area contributed by atoms with Crippen LogP contribution in [0.5, 0.6) is 5.75 Å². The van der Waals surface area contributed by atoms with Crippen molar-refractivity contribution in [3.8, 4) is 5.75 Å². The van der Waals surface area contributed by atoms with Gasteiger partial charge in [-0.15, -0.1) is 13.2 Å². The van der Waals surface area contributed by atoms with Gasteiger partial charge in [-0.3, -0.25) is 4.90 Å². The van der Waals surface area contributed by atoms with Gasteiger partial charge in [-0.05, 0) is 58.6 Å². The van der Waals surface area contributed by atoms with Gasteiger partial charge in [0.2, 0.25) is 0 Å². The molecule has 1 aromatic rings. The predicted molar refractivity (Wildman–Crippen MR) is 76.0 cm³/mol. The van der Waals surface area contributed by atoms with Crippen LogP contribution in [-0.2, 0) is 6.54 Å². The van der Waals surface area contributed by atoms with Gasteiger partial charge in [0.25, 0.3) is 0 Å². The number of ether oxygens (including phenoxy) is 1. The number of hydrogen-bond donors (Lipinski definition) is 1. The van der Waals surface area contributed by atoms with E-state index in [0.29, 0.717) is 16.3 Å². The number of nitrogens with one attached hydrogen (secondary N) is 1. The summed E-state index contributed by atoms with van der Waals surface area (Å²) in [6, 6.07) is 4.76. The molecule has 0 unspecified atom stereocenters. The zero-order chi connectivity index (χ0) is 15.0. The SMILES string of the molecule is FC(F)(F)Oc1ccc(CN2C[C@H]3CNC[C@H]3C2)cc1Br. The van der Waals surface area contributed by atoms with Crippen LogP contribution in [0.3, 0.4) is 0 Å². The Morgan fingerprint density at radius 3 is 2.48 bits per heavy atom. The largest absolute Gasteiger partial charge is 0.573 e. The van der Waals surface area contributed by atoms with E-state index >= 15 is 0 Å². The Morgan fingerprint density at radius 2 is 1.90 bits per heavy atom. The summed E-state index contributed by atoms with van der Waals surface area (Å²) in [6.45, 7) is 5.01. The standard InChI is InChI=1S/C14H16BrF3N2O/c15-12-3-9(1-2-13(12)21-14(16,17)18)6-20-7-10-4-19-5-11(10)8-20/h1-3,10-11,19H,4-8H2/t10-,11+. The lowest BCUT2D eigenvalue weighted by Gasteiger charge is -2.18. The molecule has 1 N–H and O–H groups in total. The van der Waals surface area contributed by atoms with Gasteiger partial charge in [-0.25, -0.2) is 0 Å². The highest BCUT2D eigenvalue weighted by atomic mass is 79.9. The molecule has 0 saturated carbocycles. The Kier molecular flexibility index (Phi) is 4.16. The molecule has 2 saturated heterocycles. The van der Waals surface area contributed by atoms with Crippen molar-refractivity contribution in [3.63, 3.8) is 0 Å². The van der Waals surface area contributed by atoms with Gasteiger partial charge in [-0.2, -0.15) is 0 Å². The summed E-state index contributed by atoms with van der Waals surface area (Å²) in [5, 5.41) is 3.39. The Balaban J connectivity index is 1.63.